The third-order valence-corrected chi connectivity index (χ3v) is 3.80. The standard InChI is InChI=1S/C11H17N3OS/c1-7(2)8(3)16-9-4-5-10(13-6-9)11(12)14-15/h4-8,15H,1-3H3,(H2,12,14). The van der Waals surface area contributed by atoms with Crippen molar-refractivity contribution in [2.75, 3.05) is 0 Å². The highest BCUT2D eigenvalue weighted by molar-refractivity contribution is 8.00. The summed E-state index contributed by atoms with van der Waals surface area (Å²) in [6, 6.07) is 3.69. The fraction of sp³-hybridized carbons (Fsp3) is 0.455. The van der Waals surface area contributed by atoms with Gasteiger partial charge in [-0.25, -0.2) is 0 Å². The molecule has 1 unspecified atom stereocenters. The molecule has 0 radical (unpaired) electrons. The number of amidine groups is 1. The molecule has 1 heterocycles. The first kappa shape index (κ1) is 12.8. The largest absolute Gasteiger partial charge is 0.409 e. The van der Waals surface area contributed by atoms with E-state index in [0.717, 1.165) is 4.90 Å². The molecule has 0 aliphatic carbocycles. The van der Waals surface area contributed by atoms with E-state index in [4.69, 9.17) is 10.9 Å². The number of nitrogens with two attached hydrogens (primary N) is 1. The smallest absolute Gasteiger partial charge is 0.188 e. The van der Waals surface area contributed by atoms with Crippen LogP contribution in [0, 0.1) is 5.92 Å². The Labute approximate surface area is 99.9 Å². The van der Waals surface area contributed by atoms with E-state index < -0.39 is 0 Å². The van der Waals surface area contributed by atoms with Crippen molar-refractivity contribution < 1.29 is 5.21 Å². The van der Waals surface area contributed by atoms with Gasteiger partial charge >= 0.3 is 0 Å². The molecule has 0 saturated carbocycles. The van der Waals surface area contributed by atoms with Gasteiger partial charge in [0.05, 0.1) is 0 Å². The van der Waals surface area contributed by atoms with Crippen molar-refractivity contribution in [1.82, 2.24) is 4.98 Å². The molecule has 88 valence electrons. The molecule has 0 saturated heterocycles. The number of nitrogens with zero attached hydrogens (tertiary/aromatic N) is 2. The zero-order valence-electron chi connectivity index (χ0n) is 9.71. The molecule has 1 aromatic rings. The molecule has 0 amide bonds. The molecule has 4 nitrogen and oxygen atoms in total. The Morgan fingerprint density at radius 3 is 2.56 bits per heavy atom. The van der Waals surface area contributed by atoms with Crippen LogP contribution >= 0.6 is 11.8 Å². The number of pyridine rings is 1. The summed E-state index contributed by atoms with van der Waals surface area (Å²) in [6.07, 6.45) is 1.75. The third kappa shape index (κ3) is 3.41. The molecule has 3 N–H and O–H groups in total. The minimum atomic E-state index is 0.0356. The van der Waals surface area contributed by atoms with Gasteiger partial charge in [0.15, 0.2) is 5.84 Å². The van der Waals surface area contributed by atoms with Crippen molar-refractivity contribution in [2.24, 2.45) is 16.8 Å². The van der Waals surface area contributed by atoms with Gasteiger partial charge in [0.1, 0.15) is 5.69 Å². The first-order valence-corrected chi connectivity index (χ1v) is 6.03. The molecular weight excluding hydrogens is 222 g/mol. The number of thioether (sulfide) groups is 1. The van der Waals surface area contributed by atoms with Crippen LogP contribution in [0.5, 0.6) is 0 Å². The van der Waals surface area contributed by atoms with Gasteiger partial charge in [-0.05, 0) is 18.1 Å². The van der Waals surface area contributed by atoms with Crippen LogP contribution in [-0.2, 0) is 0 Å². The van der Waals surface area contributed by atoms with Gasteiger partial charge in [0, 0.05) is 16.3 Å². The summed E-state index contributed by atoms with van der Waals surface area (Å²) in [5, 5.41) is 11.9. The molecule has 5 heteroatoms. The molecule has 16 heavy (non-hydrogen) atoms. The predicted octanol–water partition coefficient (Wildman–Crippen LogP) is 2.31. The molecule has 0 aromatic carbocycles. The maximum atomic E-state index is 8.49. The van der Waals surface area contributed by atoms with E-state index in [0.29, 0.717) is 16.9 Å². The molecule has 0 fully saturated rings. The monoisotopic (exact) mass is 239 g/mol. The third-order valence-electron chi connectivity index (χ3n) is 2.37. The van der Waals surface area contributed by atoms with Crippen LogP contribution in [0.4, 0.5) is 0 Å². The lowest BCUT2D eigenvalue weighted by atomic mass is 10.2. The number of oxime groups is 1. The van der Waals surface area contributed by atoms with Crippen molar-refractivity contribution in [3.05, 3.63) is 24.0 Å². The van der Waals surface area contributed by atoms with E-state index in [1.807, 2.05) is 6.07 Å². The Bertz CT molecular complexity index is 362. The summed E-state index contributed by atoms with van der Waals surface area (Å²) in [6.45, 7) is 6.57. The quantitative estimate of drug-likeness (QED) is 0.278. The molecule has 0 aliphatic rings. The van der Waals surface area contributed by atoms with Gasteiger partial charge in [0.2, 0.25) is 0 Å². The molecule has 0 aliphatic heterocycles. The molecule has 0 bridgehead atoms. The van der Waals surface area contributed by atoms with E-state index in [1.54, 1.807) is 24.0 Å². The van der Waals surface area contributed by atoms with E-state index in [1.165, 1.54) is 0 Å². The summed E-state index contributed by atoms with van der Waals surface area (Å²) in [7, 11) is 0. The van der Waals surface area contributed by atoms with Gasteiger partial charge in [-0.1, -0.05) is 25.9 Å². The van der Waals surface area contributed by atoms with Crippen LogP contribution in [-0.4, -0.2) is 21.3 Å². The van der Waals surface area contributed by atoms with Crippen LogP contribution in [0.2, 0.25) is 0 Å². The second-order valence-electron chi connectivity index (χ2n) is 3.93. The highest BCUT2D eigenvalue weighted by atomic mass is 32.2. The van der Waals surface area contributed by atoms with E-state index >= 15 is 0 Å². The predicted molar refractivity (Wildman–Crippen MR) is 66.9 cm³/mol. The molecular formula is C11H17N3OS. The lowest BCUT2D eigenvalue weighted by Gasteiger charge is -2.14. The number of rotatable bonds is 4. The van der Waals surface area contributed by atoms with Crippen LogP contribution < -0.4 is 5.73 Å². The van der Waals surface area contributed by atoms with Gasteiger partial charge in [0.25, 0.3) is 0 Å². The first-order chi connectivity index (χ1) is 7.54. The average Bonchev–Trinajstić information content (AvgIpc) is 2.28. The Balaban J connectivity index is 2.72. The van der Waals surface area contributed by atoms with Gasteiger partial charge < -0.3 is 10.9 Å². The van der Waals surface area contributed by atoms with Crippen LogP contribution in [0.25, 0.3) is 0 Å². The Morgan fingerprint density at radius 1 is 1.44 bits per heavy atom. The zero-order chi connectivity index (χ0) is 12.1. The van der Waals surface area contributed by atoms with Crippen LogP contribution in [0.15, 0.2) is 28.4 Å². The maximum absolute atomic E-state index is 8.49. The summed E-state index contributed by atoms with van der Waals surface area (Å²) in [4.78, 5) is 5.22. The van der Waals surface area contributed by atoms with E-state index in [2.05, 4.69) is 30.9 Å². The van der Waals surface area contributed by atoms with Crippen molar-refractivity contribution >= 4 is 17.6 Å². The highest BCUT2D eigenvalue weighted by Crippen LogP contribution is 2.26. The second-order valence-corrected chi connectivity index (χ2v) is 5.38. The highest BCUT2D eigenvalue weighted by Gasteiger charge is 2.09. The Morgan fingerprint density at radius 2 is 2.12 bits per heavy atom. The minimum absolute atomic E-state index is 0.0356. The SMILES string of the molecule is CC(C)C(C)Sc1ccc(/C(N)=N/O)nc1. The van der Waals surface area contributed by atoms with Gasteiger partial charge in [-0.3, -0.25) is 4.98 Å². The van der Waals surface area contributed by atoms with Crippen LogP contribution in [0.1, 0.15) is 26.5 Å². The second kappa shape index (κ2) is 5.75. The summed E-state index contributed by atoms with van der Waals surface area (Å²) < 4.78 is 0. The molecule has 1 atom stereocenters. The fourth-order valence-electron chi connectivity index (χ4n) is 1.00. The van der Waals surface area contributed by atoms with Gasteiger partial charge in [-0.2, -0.15) is 0 Å². The lowest BCUT2D eigenvalue weighted by Crippen LogP contribution is -2.14. The fourth-order valence-corrected chi connectivity index (χ4v) is 1.97. The maximum Gasteiger partial charge on any atom is 0.188 e. The number of hydrogen-bond acceptors (Lipinski definition) is 4. The van der Waals surface area contributed by atoms with Crippen molar-refractivity contribution in [3.63, 3.8) is 0 Å². The van der Waals surface area contributed by atoms with Crippen LogP contribution in [0.3, 0.4) is 0 Å². The lowest BCUT2D eigenvalue weighted by molar-refractivity contribution is 0.318. The zero-order valence-corrected chi connectivity index (χ0v) is 10.5. The van der Waals surface area contributed by atoms with Crippen molar-refractivity contribution in [3.8, 4) is 0 Å². The number of aromatic nitrogens is 1. The minimum Gasteiger partial charge on any atom is -0.409 e. The number of hydrogen-bond donors (Lipinski definition) is 2. The Kier molecular flexibility index (Phi) is 4.61. The van der Waals surface area contributed by atoms with E-state index in [-0.39, 0.29) is 5.84 Å². The van der Waals surface area contributed by atoms with Crippen molar-refractivity contribution in [1.29, 1.82) is 0 Å². The average molecular weight is 239 g/mol. The topological polar surface area (TPSA) is 71.5 Å². The summed E-state index contributed by atoms with van der Waals surface area (Å²) >= 11 is 1.77. The normalized spacial score (nSPS) is 14.1. The summed E-state index contributed by atoms with van der Waals surface area (Å²) in [5.41, 5.74) is 5.91. The van der Waals surface area contributed by atoms with Gasteiger partial charge in [-0.15, -0.1) is 11.8 Å². The first-order valence-electron chi connectivity index (χ1n) is 5.15. The van der Waals surface area contributed by atoms with E-state index in [9.17, 15) is 0 Å². The molecule has 1 aromatic heterocycles. The molecule has 1 rings (SSSR count). The molecule has 0 spiro atoms. The van der Waals surface area contributed by atoms with Crippen molar-refractivity contribution in [2.45, 2.75) is 30.9 Å². The summed E-state index contributed by atoms with van der Waals surface area (Å²) in [5.74, 6) is 0.655. The Hall–Kier alpha value is -1.23.